The van der Waals surface area contributed by atoms with Gasteiger partial charge in [0.15, 0.2) is 5.75 Å². The van der Waals surface area contributed by atoms with E-state index in [1.165, 1.54) is 0 Å². The van der Waals surface area contributed by atoms with E-state index in [1.807, 2.05) is 84.4 Å². The lowest BCUT2D eigenvalue weighted by molar-refractivity contribution is 0.204. The molecule has 0 aliphatic heterocycles. The normalized spacial score (nSPS) is 12.4. The minimum absolute atomic E-state index is 0.0185. The van der Waals surface area contributed by atoms with E-state index in [9.17, 15) is 13.2 Å². The smallest absolute Gasteiger partial charge is 0.409 e. The van der Waals surface area contributed by atoms with Crippen LogP contribution in [0.25, 0.3) is 0 Å². The summed E-state index contributed by atoms with van der Waals surface area (Å²) < 4.78 is 39.5. The highest BCUT2D eigenvalue weighted by atomic mass is 32.2. The SMILES string of the molecule is CC(C)c1cc(C(C)C)c(OC(=O)NS(=O)(=O)Oc2c(C(C)C)cc(C(C)C)cc2C(C)C)c(C(C)C)c1. The monoisotopic (exact) mass is 545 g/mol. The standard InChI is InChI=1S/C31H47NO5S/c1-17(2)23-13-25(19(5)6)29(26(14-23)20(7)8)36-31(33)32-38(34,35)37-30-27(21(9)10)15-24(18(3)4)16-28(30)22(11)12/h13-22H,1-12H3,(H,32,33). The Morgan fingerprint density at radius 2 is 0.895 bits per heavy atom. The van der Waals surface area contributed by atoms with E-state index in [-0.39, 0.29) is 35.3 Å². The molecule has 0 radical (unpaired) electrons. The van der Waals surface area contributed by atoms with E-state index in [4.69, 9.17) is 8.92 Å². The van der Waals surface area contributed by atoms with Gasteiger partial charge in [-0.15, -0.1) is 0 Å². The van der Waals surface area contributed by atoms with Gasteiger partial charge in [-0.05, 0) is 68.9 Å². The number of amides is 1. The molecule has 0 aliphatic rings. The minimum Gasteiger partial charge on any atom is -0.409 e. The van der Waals surface area contributed by atoms with Crippen molar-refractivity contribution in [2.45, 2.75) is 119 Å². The number of rotatable bonds is 10. The van der Waals surface area contributed by atoms with Crippen molar-refractivity contribution in [1.82, 2.24) is 4.72 Å². The van der Waals surface area contributed by atoms with Crippen molar-refractivity contribution in [2.75, 3.05) is 0 Å². The number of carbonyl (C=O) groups excluding carboxylic acids is 1. The Labute approximate surface area is 230 Å². The molecule has 38 heavy (non-hydrogen) atoms. The molecule has 2 rings (SSSR count). The second-order valence-electron chi connectivity index (χ2n) is 12.0. The summed E-state index contributed by atoms with van der Waals surface area (Å²) >= 11 is 0. The van der Waals surface area contributed by atoms with Crippen LogP contribution in [-0.2, 0) is 10.3 Å². The largest absolute Gasteiger partial charge is 0.429 e. The van der Waals surface area contributed by atoms with Crippen LogP contribution in [-0.4, -0.2) is 14.5 Å². The zero-order valence-electron chi connectivity index (χ0n) is 25.2. The molecule has 212 valence electrons. The topological polar surface area (TPSA) is 81.7 Å². The average molecular weight is 546 g/mol. The third kappa shape index (κ3) is 7.75. The first-order valence-corrected chi connectivity index (χ1v) is 15.1. The maximum absolute atomic E-state index is 13.1. The van der Waals surface area contributed by atoms with Crippen LogP contribution in [0.4, 0.5) is 4.79 Å². The average Bonchev–Trinajstić information content (AvgIpc) is 2.77. The predicted octanol–water partition coefficient (Wildman–Crippen LogP) is 8.84. The van der Waals surface area contributed by atoms with Gasteiger partial charge in [-0.3, -0.25) is 0 Å². The second-order valence-corrected chi connectivity index (χ2v) is 13.3. The molecule has 0 atom stereocenters. The highest BCUT2D eigenvalue weighted by Gasteiger charge is 2.27. The minimum atomic E-state index is -4.51. The molecule has 0 spiro atoms. The highest BCUT2D eigenvalue weighted by Crippen LogP contribution is 2.39. The van der Waals surface area contributed by atoms with Crippen LogP contribution in [0, 0.1) is 0 Å². The number of benzene rings is 2. The molecule has 0 aromatic heterocycles. The van der Waals surface area contributed by atoms with E-state index in [0.717, 1.165) is 33.4 Å². The summed E-state index contributed by atoms with van der Waals surface area (Å²) in [5.41, 5.74) is 5.55. The molecule has 0 saturated carbocycles. The first-order valence-electron chi connectivity index (χ1n) is 13.7. The first kappa shape index (κ1) is 31.7. The summed E-state index contributed by atoms with van der Waals surface area (Å²) in [5.74, 6) is 1.43. The zero-order valence-corrected chi connectivity index (χ0v) is 26.0. The van der Waals surface area contributed by atoms with Gasteiger partial charge in [0.2, 0.25) is 0 Å². The lowest BCUT2D eigenvalue weighted by atomic mass is 9.88. The molecule has 0 unspecified atom stereocenters. The summed E-state index contributed by atoms with van der Waals surface area (Å²) in [4.78, 5) is 13.0. The molecule has 6 nitrogen and oxygen atoms in total. The molecule has 7 heteroatoms. The van der Waals surface area contributed by atoms with Gasteiger partial charge in [0.05, 0.1) is 0 Å². The van der Waals surface area contributed by atoms with Crippen molar-refractivity contribution < 1.29 is 22.1 Å². The summed E-state index contributed by atoms with van der Waals surface area (Å²) in [6.07, 6.45) is -1.10. The van der Waals surface area contributed by atoms with Gasteiger partial charge in [-0.25, -0.2) is 4.79 Å². The molecule has 0 saturated heterocycles. The van der Waals surface area contributed by atoms with Crippen LogP contribution in [0.15, 0.2) is 24.3 Å². The highest BCUT2D eigenvalue weighted by molar-refractivity contribution is 7.85. The van der Waals surface area contributed by atoms with E-state index < -0.39 is 16.4 Å². The molecule has 0 fully saturated rings. The van der Waals surface area contributed by atoms with Crippen molar-refractivity contribution in [3.8, 4) is 11.5 Å². The van der Waals surface area contributed by atoms with E-state index in [0.29, 0.717) is 11.7 Å². The van der Waals surface area contributed by atoms with Crippen molar-refractivity contribution in [3.63, 3.8) is 0 Å². The Balaban J connectivity index is 2.46. The third-order valence-corrected chi connectivity index (χ3v) is 7.56. The molecule has 1 amide bonds. The molecular weight excluding hydrogens is 498 g/mol. The zero-order chi connectivity index (χ0) is 29.1. The molecular formula is C31H47NO5S. The third-order valence-electron chi connectivity index (χ3n) is 6.75. The summed E-state index contributed by atoms with van der Waals surface area (Å²) in [5, 5.41) is 0. The Morgan fingerprint density at radius 1 is 0.579 bits per heavy atom. The van der Waals surface area contributed by atoms with Gasteiger partial charge in [0.1, 0.15) is 5.75 Å². The van der Waals surface area contributed by atoms with Gasteiger partial charge >= 0.3 is 16.4 Å². The van der Waals surface area contributed by atoms with E-state index >= 15 is 0 Å². The molecule has 0 aliphatic carbocycles. The van der Waals surface area contributed by atoms with Crippen LogP contribution >= 0.6 is 0 Å². The molecule has 1 N–H and O–H groups in total. The molecule has 2 aromatic carbocycles. The van der Waals surface area contributed by atoms with E-state index in [1.54, 1.807) is 0 Å². The maximum Gasteiger partial charge on any atom is 0.429 e. The number of hydrogen-bond acceptors (Lipinski definition) is 5. The van der Waals surface area contributed by atoms with Crippen LogP contribution in [0.5, 0.6) is 11.5 Å². The van der Waals surface area contributed by atoms with E-state index in [2.05, 4.69) is 27.7 Å². The lowest BCUT2D eigenvalue weighted by Crippen LogP contribution is -2.37. The van der Waals surface area contributed by atoms with Crippen molar-refractivity contribution >= 4 is 16.4 Å². The van der Waals surface area contributed by atoms with Crippen LogP contribution in [0.2, 0.25) is 0 Å². The first-order chi connectivity index (χ1) is 17.4. The predicted molar refractivity (Wildman–Crippen MR) is 156 cm³/mol. The van der Waals surface area contributed by atoms with Gasteiger partial charge in [0.25, 0.3) is 0 Å². The quantitative estimate of drug-likeness (QED) is 0.322. The van der Waals surface area contributed by atoms with Crippen LogP contribution < -0.4 is 13.6 Å². The summed E-state index contributed by atoms with van der Waals surface area (Å²) in [7, 11) is -4.51. The fourth-order valence-electron chi connectivity index (χ4n) is 4.34. The molecule has 2 aromatic rings. The fourth-order valence-corrected chi connectivity index (χ4v) is 5.04. The fraction of sp³-hybridized carbons (Fsp3) is 0.581. The number of hydrogen-bond donors (Lipinski definition) is 1. The number of ether oxygens (including phenoxy) is 1. The van der Waals surface area contributed by atoms with Gasteiger partial charge < -0.3 is 8.92 Å². The molecule has 0 bridgehead atoms. The van der Waals surface area contributed by atoms with Crippen molar-refractivity contribution in [2.24, 2.45) is 0 Å². The molecule has 0 heterocycles. The Morgan fingerprint density at radius 3 is 1.18 bits per heavy atom. The van der Waals surface area contributed by atoms with Gasteiger partial charge in [-0.2, -0.15) is 13.1 Å². The second kappa shape index (κ2) is 12.5. The van der Waals surface area contributed by atoms with Gasteiger partial charge in [0, 0.05) is 0 Å². The van der Waals surface area contributed by atoms with Crippen LogP contribution in [0.3, 0.4) is 0 Å². The van der Waals surface area contributed by atoms with Crippen molar-refractivity contribution in [3.05, 3.63) is 57.6 Å². The van der Waals surface area contributed by atoms with Crippen molar-refractivity contribution in [1.29, 1.82) is 0 Å². The number of carbonyl (C=O) groups is 1. The Bertz CT molecular complexity index is 1180. The Kier molecular flexibility index (Phi) is 10.5. The summed E-state index contributed by atoms with van der Waals surface area (Å²) in [6.45, 7) is 24.5. The van der Waals surface area contributed by atoms with Gasteiger partial charge in [-0.1, -0.05) is 107 Å². The maximum atomic E-state index is 13.1. The lowest BCUT2D eigenvalue weighted by Gasteiger charge is -2.23. The number of nitrogens with one attached hydrogen (secondary N) is 1. The Hall–Kier alpha value is -2.54. The summed E-state index contributed by atoms with van der Waals surface area (Å²) in [6, 6.07) is 8.05. The van der Waals surface area contributed by atoms with Crippen LogP contribution in [0.1, 0.15) is 152 Å².